The molecule has 0 amide bonds. The third-order valence-electron chi connectivity index (χ3n) is 2.53. The van der Waals surface area contributed by atoms with Gasteiger partial charge in [0.2, 0.25) is 0 Å². The lowest BCUT2D eigenvalue weighted by Gasteiger charge is -2.21. The third kappa shape index (κ3) is 4.36. The molecule has 7 heteroatoms. The standard InChI is InChI=1S/C12H20FN3O2S/c1-3-7-16(8-4-2)19(17,18)15-10-5-6-11(13)12(14)9-10/h5-6,9,15H,3-4,7-8,14H2,1-2H3. The Morgan fingerprint density at radius 2 is 1.84 bits per heavy atom. The molecule has 0 heterocycles. The highest BCUT2D eigenvalue weighted by atomic mass is 32.2. The minimum absolute atomic E-state index is 0.0854. The Morgan fingerprint density at radius 1 is 1.26 bits per heavy atom. The van der Waals surface area contributed by atoms with E-state index < -0.39 is 16.0 Å². The van der Waals surface area contributed by atoms with Gasteiger partial charge in [0.15, 0.2) is 0 Å². The third-order valence-corrected chi connectivity index (χ3v) is 4.07. The van der Waals surface area contributed by atoms with Crippen molar-refractivity contribution in [2.75, 3.05) is 23.5 Å². The van der Waals surface area contributed by atoms with Crippen molar-refractivity contribution in [3.63, 3.8) is 0 Å². The monoisotopic (exact) mass is 289 g/mol. The van der Waals surface area contributed by atoms with Gasteiger partial charge in [-0.25, -0.2) is 4.39 Å². The zero-order chi connectivity index (χ0) is 14.5. The van der Waals surface area contributed by atoms with Crippen LogP contribution < -0.4 is 10.5 Å². The van der Waals surface area contributed by atoms with Gasteiger partial charge in [0, 0.05) is 13.1 Å². The van der Waals surface area contributed by atoms with Crippen molar-refractivity contribution < 1.29 is 12.8 Å². The van der Waals surface area contributed by atoms with E-state index in [2.05, 4.69) is 4.72 Å². The zero-order valence-electron chi connectivity index (χ0n) is 11.2. The van der Waals surface area contributed by atoms with Gasteiger partial charge in [-0.15, -0.1) is 0 Å². The number of hydrogen-bond acceptors (Lipinski definition) is 3. The second-order valence-corrected chi connectivity index (χ2v) is 5.91. The van der Waals surface area contributed by atoms with E-state index in [1.54, 1.807) is 0 Å². The summed E-state index contributed by atoms with van der Waals surface area (Å²) in [6, 6.07) is 3.75. The molecule has 3 N–H and O–H groups in total. The molecule has 0 spiro atoms. The largest absolute Gasteiger partial charge is 0.396 e. The van der Waals surface area contributed by atoms with Crippen molar-refractivity contribution in [1.82, 2.24) is 4.31 Å². The highest BCUT2D eigenvalue weighted by Gasteiger charge is 2.20. The predicted molar refractivity (Wildman–Crippen MR) is 75.5 cm³/mol. The molecule has 5 nitrogen and oxygen atoms in total. The molecule has 0 radical (unpaired) electrons. The molecule has 19 heavy (non-hydrogen) atoms. The van der Waals surface area contributed by atoms with Crippen LogP contribution in [0.15, 0.2) is 18.2 Å². The minimum Gasteiger partial charge on any atom is -0.396 e. The lowest BCUT2D eigenvalue weighted by Crippen LogP contribution is -2.37. The second-order valence-electron chi connectivity index (χ2n) is 4.24. The molecule has 0 unspecified atom stereocenters. The van der Waals surface area contributed by atoms with E-state index in [1.807, 2.05) is 13.8 Å². The maximum atomic E-state index is 13.0. The van der Waals surface area contributed by atoms with Crippen LogP contribution in [0.3, 0.4) is 0 Å². The van der Waals surface area contributed by atoms with Gasteiger partial charge < -0.3 is 5.73 Å². The van der Waals surface area contributed by atoms with Gasteiger partial charge in [-0.05, 0) is 31.0 Å². The quantitative estimate of drug-likeness (QED) is 0.755. The van der Waals surface area contributed by atoms with Crippen LogP contribution in [0.25, 0.3) is 0 Å². The van der Waals surface area contributed by atoms with Crippen LogP contribution in [0.1, 0.15) is 26.7 Å². The van der Waals surface area contributed by atoms with Crippen molar-refractivity contribution in [3.8, 4) is 0 Å². The summed E-state index contributed by atoms with van der Waals surface area (Å²) < 4.78 is 41.1. The minimum atomic E-state index is -3.62. The molecule has 0 saturated heterocycles. The number of nitrogens with one attached hydrogen (secondary N) is 1. The van der Waals surface area contributed by atoms with Gasteiger partial charge in [0.05, 0.1) is 11.4 Å². The molecule has 0 aromatic heterocycles. The fourth-order valence-electron chi connectivity index (χ4n) is 1.67. The SMILES string of the molecule is CCCN(CCC)S(=O)(=O)Nc1ccc(F)c(N)c1. The first kappa shape index (κ1) is 15.7. The normalized spacial score (nSPS) is 11.8. The Hall–Kier alpha value is -1.34. The highest BCUT2D eigenvalue weighted by Crippen LogP contribution is 2.18. The van der Waals surface area contributed by atoms with Crippen LogP contribution in [0.4, 0.5) is 15.8 Å². The number of nitrogen functional groups attached to an aromatic ring is 1. The maximum absolute atomic E-state index is 13.0. The van der Waals surface area contributed by atoms with E-state index in [1.165, 1.54) is 16.4 Å². The van der Waals surface area contributed by atoms with Crippen molar-refractivity contribution in [3.05, 3.63) is 24.0 Å². The number of rotatable bonds is 7. The van der Waals surface area contributed by atoms with Crippen LogP contribution in [0.2, 0.25) is 0 Å². The first-order valence-electron chi connectivity index (χ1n) is 6.23. The van der Waals surface area contributed by atoms with Crippen molar-refractivity contribution >= 4 is 21.6 Å². The summed E-state index contributed by atoms with van der Waals surface area (Å²) in [6.07, 6.45) is 1.46. The summed E-state index contributed by atoms with van der Waals surface area (Å²) in [7, 11) is -3.62. The topological polar surface area (TPSA) is 75.4 Å². The molecule has 0 aliphatic carbocycles. The molecule has 0 fully saturated rings. The summed E-state index contributed by atoms with van der Waals surface area (Å²) in [6.45, 7) is 4.71. The zero-order valence-corrected chi connectivity index (χ0v) is 12.0. The number of nitrogens with zero attached hydrogens (tertiary/aromatic N) is 1. The van der Waals surface area contributed by atoms with Crippen LogP contribution >= 0.6 is 0 Å². The first-order chi connectivity index (χ1) is 8.90. The highest BCUT2D eigenvalue weighted by molar-refractivity contribution is 7.90. The number of benzene rings is 1. The fraction of sp³-hybridized carbons (Fsp3) is 0.500. The summed E-state index contributed by atoms with van der Waals surface area (Å²) >= 11 is 0. The Bertz CT molecular complexity index is 514. The summed E-state index contributed by atoms with van der Waals surface area (Å²) in [4.78, 5) is 0. The Kier molecular flexibility index (Phi) is 5.56. The number of halogens is 1. The molecule has 1 aromatic rings. The molecule has 1 aromatic carbocycles. The Labute approximate surface area is 113 Å². The molecule has 1 rings (SSSR count). The van der Waals surface area contributed by atoms with E-state index in [-0.39, 0.29) is 11.4 Å². The van der Waals surface area contributed by atoms with Gasteiger partial charge >= 0.3 is 10.2 Å². The lowest BCUT2D eigenvalue weighted by molar-refractivity contribution is 0.413. The van der Waals surface area contributed by atoms with Crippen LogP contribution in [0.5, 0.6) is 0 Å². The van der Waals surface area contributed by atoms with E-state index in [0.717, 1.165) is 18.9 Å². The van der Waals surface area contributed by atoms with Crippen molar-refractivity contribution in [2.24, 2.45) is 0 Å². The molecule has 0 atom stereocenters. The first-order valence-corrected chi connectivity index (χ1v) is 7.67. The molecular formula is C12H20FN3O2S. The van der Waals surface area contributed by atoms with Crippen LogP contribution in [0, 0.1) is 5.82 Å². The molecule has 0 aliphatic rings. The average molecular weight is 289 g/mol. The Morgan fingerprint density at radius 3 is 2.32 bits per heavy atom. The van der Waals surface area contributed by atoms with Crippen LogP contribution in [-0.2, 0) is 10.2 Å². The molecule has 108 valence electrons. The van der Waals surface area contributed by atoms with Crippen LogP contribution in [-0.4, -0.2) is 25.8 Å². The van der Waals surface area contributed by atoms with E-state index in [0.29, 0.717) is 13.1 Å². The molecule has 0 saturated carbocycles. The number of anilines is 2. The summed E-state index contributed by atoms with van der Waals surface area (Å²) in [5, 5.41) is 0. The fourth-order valence-corrected chi connectivity index (χ4v) is 3.07. The van der Waals surface area contributed by atoms with E-state index >= 15 is 0 Å². The molecular weight excluding hydrogens is 269 g/mol. The maximum Gasteiger partial charge on any atom is 0.301 e. The summed E-state index contributed by atoms with van der Waals surface area (Å²) in [5.41, 5.74) is 5.58. The summed E-state index contributed by atoms with van der Waals surface area (Å²) in [5.74, 6) is -0.568. The molecule has 0 bridgehead atoms. The Balaban J connectivity index is 2.90. The van der Waals surface area contributed by atoms with Gasteiger partial charge in [0.1, 0.15) is 5.82 Å². The number of hydrogen-bond donors (Lipinski definition) is 2. The second kappa shape index (κ2) is 6.72. The lowest BCUT2D eigenvalue weighted by atomic mass is 10.3. The average Bonchev–Trinajstić information content (AvgIpc) is 2.33. The van der Waals surface area contributed by atoms with Crippen molar-refractivity contribution in [2.45, 2.75) is 26.7 Å². The van der Waals surface area contributed by atoms with Crippen molar-refractivity contribution in [1.29, 1.82) is 0 Å². The smallest absolute Gasteiger partial charge is 0.301 e. The van der Waals surface area contributed by atoms with E-state index in [9.17, 15) is 12.8 Å². The van der Waals surface area contributed by atoms with Gasteiger partial charge in [0.25, 0.3) is 0 Å². The number of nitrogens with two attached hydrogens (primary N) is 1. The van der Waals surface area contributed by atoms with Gasteiger partial charge in [-0.3, -0.25) is 4.72 Å². The van der Waals surface area contributed by atoms with Gasteiger partial charge in [-0.1, -0.05) is 13.8 Å². The van der Waals surface area contributed by atoms with E-state index in [4.69, 9.17) is 5.73 Å². The predicted octanol–water partition coefficient (Wildman–Crippen LogP) is 2.19. The van der Waals surface area contributed by atoms with Gasteiger partial charge in [-0.2, -0.15) is 12.7 Å². The molecule has 0 aliphatic heterocycles.